The number of rotatable bonds is 3. The van der Waals surface area contributed by atoms with Gasteiger partial charge in [0.2, 0.25) is 0 Å². The molecule has 0 bridgehead atoms. The van der Waals surface area contributed by atoms with E-state index < -0.39 is 0 Å². The van der Waals surface area contributed by atoms with Gasteiger partial charge in [-0.25, -0.2) is 0 Å². The van der Waals surface area contributed by atoms with Crippen LogP contribution in [-0.4, -0.2) is 0 Å². The van der Waals surface area contributed by atoms with Crippen LogP contribution in [0.3, 0.4) is 0 Å². The van der Waals surface area contributed by atoms with Crippen molar-refractivity contribution in [3.05, 3.63) is 70.8 Å². The summed E-state index contributed by atoms with van der Waals surface area (Å²) in [4.78, 5) is 0. The molecule has 3 rings (SSSR count). The maximum atomic E-state index is 6.34. The number of fused-ring (bicyclic) bond motifs is 1. The molecule has 0 amide bonds. The monoisotopic (exact) mass is 313 g/mol. The Bertz CT molecular complexity index is 710. The smallest absolute Gasteiger partial charge is 0.129 e. The summed E-state index contributed by atoms with van der Waals surface area (Å²) in [6.45, 7) is 6.05. The first-order chi connectivity index (χ1) is 10.6. The van der Waals surface area contributed by atoms with E-state index in [4.69, 9.17) is 22.1 Å². The summed E-state index contributed by atoms with van der Waals surface area (Å²) in [5.74, 6) is 1.19. The van der Waals surface area contributed by atoms with Crippen LogP contribution < -0.4 is 10.5 Å². The average molecular weight is 314 g/mol. The predicted octanol–water partition coefficient (Wildman–Crippen LogP) is 4.97. The molecule has 2 nitrogen and oxygen atoms in total. The number of benzene rings is 2. The van der Waals surface area contributed by atoms with Gasteiger partial charge in [0.15, 0.2) is 0 Å². The Hall–Kier alpha value is -1.93. The highest BCUT2D eigenvalue weighted by Gasteiger charge is 2.28. The van der Waals surface area contributed by atoms with Crippen molar-refractivity contribution in [3.8, 4) is 5.75 Å². The van der Waals surface area contributed by atoms with Crippen LogP contribution >= 0.6 is 11.6 Å². The third-order valence-electron chi connectivity index (χ3n) is 4.29. The quantitative estimate of drug-likeness (QED) is 0.868. The van der Waals surface area contributed by atoms with Crippen LogP contribution in [0.4, 0.5) is 0 Å². The van der Waals surface area contributed by atoms with Crippen LogP contribution in [0.2, 0.25) is 5.02 Å². The van der Waals surface area contributed by atoms with E-state index in [1.54, 1.807) is 6.07 Å². The van der Waals surface area contributed by atoms with Crippen LogP contribution in [0.1, 0.15) is 36.1 Å². The van der Waals surface area contributed by atoms with E-state index >= 15 is 0 Å². The summed E-state index contributed by atoms with van der Waals surface area (Å²) in [5, 5.41) is 0.631. The van der Waals surface area contributed by atoms with Gasteiger partial charge in [0.1, 0.15) is 11.9 Å². The first-order valence-electron chi connectivity index (χ1n) is 7.55. The fraction of sp³-hybridized carbons (Fsp3) is 0.263. The zero-order valence-electron chi connectivity index (χ0n) is 12.7. The number of nitrogens with two attached hydrogens (primary N) is 1. The fourth-order valence-electron chi connectivity index (χ4n) is 3.05. The van der Waals surface area contributed by atoms with Crippen molar-refractivity contribution in [2.45, 2.75) is 25.9 Å². The lowest BCUT2D eigenvalue weighted by Crippen LogP contribution is -2.23. The molecule has 0 fully saturated rings. The van der Waals surface area contributed by atoms with Crippen LogP contribution in [0, 0.1) is 5.92 Å². The van der Waals surface area contributed by atoms with Crippen molar-refractivity contribution in [1.29, 1.82) is 0 Å². The molecular formula is C19H20ClNO. The van der Waals surface area contributed by atoms with Crippen molar-refractivity contribution in [3.63, 3.8) is 0 Å². The van der Waals surface area contributed by atoms with Crippen molar-refractivity contribution in [1.82, 2.24) is 0 Å². The highest BCUT2D eigenvalue weighted by atomic mass is 35.5. The molecule has 2 aromatic carbocycles. The number of ether oxygens (including phenoxy) is 1. The Balaban J connectivity index is 1.98. The largest absolute Gasteiger partial charge is 0.485 e. The lowest BCUT2D eigenvalue weighted by Gasteiger charge is -2.32. The molecule has 114 valence electrons. The van der Waals surface area contributed by atoms with Gasteiger partial charge in [-0.15, -0.1) is 0 Å². The standard InChI is InChI=1S/C19H20ClNO/c1-12-7-8-14-5-3-4-6-16(14)19(12)22-18-10-9-15(20)11-17(18)13(2)21/h3-6,9-12,19H,2,7-8,21H2,1H3/t12?,19-/m1/s1. The van der Waals surface area contributed by atoms with E-state index in [1.807, 2.05) is 12.1 Å². The minimum absolute atomic E-state index is 0.0317. The van der Waals surface area contributed by atoms with E-state index in [-0.39, 0.29) is 6.10 Å². The average Bonchev–Trinajstić information content (AvgIpc) is 2.51. The van der Waals surface area contributed by atoms with Gasteiger partial charge in [0.25, 0.3) is 0 Å². The maximum absolute atomic E-state index is 6.34. The number of aryl methyl sites for hydroxylation is 1. The second kappa shape index (κ2) is 6.05. The van der Waals surface area contributed by atoms with E-state index in [9.17, 15) is 0 Å². The molecule has 2 aromatic rings. The fourth-order valence-corrected chi connectivity index (χ4v) is 3.22. The molecule has 0 saturated heterocycles. The molecule has 22 heavy (non-hydrogen) atoms. The molecule has 1 aliphatic rings. The van der Waals surface area contributed by atoms with Gasteiger partial charge in [0.05, 0.1) is 0 Å². The molecule has 1 unspecified atom stereocenters. The Morgan fingerprint density at radius 1 is 1.27 bits per heavy atom. The third-order valence-corrected chi connectivity index (χ3v) is 4.52. The molecule has 1 aliphatic carbocycles. The van der Waals surface area contributed by atoms with E-state index in [1.165, 1.54) is 11.1 Å². The maximum Gasteiger partial charge on any atom is 0.129 e. The lowest BCUT2D eigenvalue weighted by atomic mass is 9.82. The molecule has 0 radical (unpaired) electrons. The molecule has 0 spiro atoms. The normalized spacial score (nSPS) is 20.3. The second-order valence-electron chi connectivity index (χ2n) is 5.92. The topological polar surface area (TPSA) is 35.2 Å². The lowest BCUT2D eigenvalue weighted by molar-refractivity contribution is 0.129. The number of hydrogen-bond acceptors (Lipinski definition) is 2. The molecule has 2 N–H and O–H groups in total. The highest BCUT2D eigenvalue weighted by molar-refractivity contribution is 6.30. The van der Waals surface area contributed by atoms with Gasteiger partial charge in [-0.2, -0.15) is 0 Å². The Morgan fingerprint density at radius 3 is 2.82 bits per heavy atom. The van der Waals surface area contributed by atoms with Crippen molar-refractivity contribution < 1.29 is 4.74 Å². The Kier molecular flexibility index (Phi) is 4.12. The molecule has 2 atom stereocenters. The molecule has 3 heteroatoms. The number of halogens is 1. The van der Waals surface area contributed by atoms with Gasteiger partial charge in [0, 0.05) is 16.3 Å². The minimum atomic E-state index is 0.0317. The van der Waals surface area contributed by atoms with Crippen LogP contribution in [0.25, 0.3) is 5.70 Å². The van der Waals surface area contributed by atoms with Crippen LogP contribution in [0.15, 0.2) is 49.0 Å². The van der Waals surface area contributed by atoms with Crippen LogP contribution in [-0.2, 0) is 6.42 Å². The van der Waals surface area contributed by atoms with Crippen LogP contribution in [0.5, 0.6) is 5.75 Å². The Labute approximate surface area is 136 Å². The summed E-state index contributed by atoms with van der Waals surface area (Å²) in [7, 11) is 0. The molecule has 0 aromatic heterocycles. The molecular weight excluding hydrogens is 294 g/mol. The van der Waals surface area contributed by atoms with Crippen molar-refractivity contribution >= 4 is 17.3 Å². The predicted molar refractivity (Wildman–Crippen MR) is 92.0 cm³/mol. The molecule has 0 saturated carbocycles. The first-order valence-corrected chi connectivity index (χ1v) is 7.93. The second-order valence-corrected chi connectivity index (χ2v) is 6.36. The van der Waals surface area contributed by atoms with E-state index in [2.05, 4.69) is 37.8 Å². The molecule has 0 aliphatic heterocycles. The zero-order chi connectivity index (χ0) is 15.7. The Morgan fingerprint density at radius 2 is 2.05 bits per heavy atom. The summed E-state index contributed by atoms with van der Waals surface area (Å²) in [6, 6.07) is 14.0. The zero-order valence-corrected chi connectivity index (χ0v) is 13.4. The third kappa shape index (κ3) is 2.84. The molecule has 0 heterocycles. The SMILES string of the molecule is C=C(N)c1cc(Cl)ccc1O[C@H]1c2ccccc2CCC1C. The van der Waals surface area contributed by atoms with Gasteiger partial charge >= 0.3 is 0 Å². The minimum Gasteiger partial charge on any atom is -0.485 e. The van der Waals surface area contributed by atoms with E-state index in [0.29, 0.717) is 16.6 Å². The van der Waals surface area contributed by atoms with Crippen molar-refractivity contribution in [2.75, 3.05) is 0 Å². The summed E-state index contributed by atoms with van der Waals surface area (Å²) < 4.78 is 6.34. The van der Waals surface area contributed by atoms with Gasteiger partial charge in [-0.3, -0.25) is 0 Å². The number of hydrogen-bond donors (Lipinski definition) is 1. The van der Waals surface area contributed by atoms with E-state index in [0.717, 1.165) is 24.2 Å². The van der Waals surface area contributed by atoms with Gasteiger partial charge < -0.3 is 10.5 Å². The van der Waals surface area contributed by atoms with Crippen molar-refractivity contribution in [2.24, 2.45) is 11.7 Å². The summed E-state index contributed by atoms with van der Waals surface area (Å²) >= 11 is 6.06. The summed E-state index contributed by atoms with van der Waals surface area (Å²) in [6.07, 6.45) is 2.26. The first kappa shape index (κ1) is 15.0. The summed E-state index contributed by atoms with van der Waals surface area (Å²) in [5.41, 5.74) is 9.75. The van der Waals surface area contributed by atoms with Gasteiger partial charge in [-0.1, -0.05) is 49.4 Å². The highest BCUT2D eigenvalue weighted by Crippen LogP contribution is 2.39. The van der Waals surface area contributed by atoms with Gasteiger partial charge in [-0.05, 0) is 48.1 Å².